The average Bonchev–Trinajstić information content (AvgIpc) is 2.72. The second-order valence-electron chi connectivity index (χ2n) is 9.56. The van der Waals surface area contributed by atoms with Crippen LogP contribution in [-0.4, -0.2) is 29.7 Å². The van der Waals surface area contributed by atoms with Crippen molar-refractivity contribution in [1.82, 2.24) is 0 Å². The van der Waals surface area contributed by atoms with Crippen LogP contribution in [0, 0.1) is 17.8 Å². The fourth-order valence-corrected chi connectivity index (χ4v) is 6.49. The molecule has 0 aliphatic heterocycles. The van der Waals surface area contributed by atoms with Crippen LogP contribution in [0.3, 0.4) is 0 Å². The zero-order valence-corrected chi connectivity index (χ0v) is 17.1. The smallest absolute Gasteiger partial charge is 0.484 e. The highest BCUT2D eigenvalue weighted by molar-refractivity contribution is 6.58. The summed E-state index contributed by atoms with van der Waals surface area (Å²) in [4.78, 5) is 12.2. The van der Waals surface area contributed by atoms with Crippen LogP contribution in [0.2, 0.25) is 0 Å². The topological polar surface area (TPSA) is 78.8 Å². The van der Waals surface area contributed by atoms with E-state index in [1.807, 2.05) is 12.1 Å². The zero-order chi connectivity index (χ0) is 20.7. The number of rotatable bonds is 6. The highest BCUT2D eigenvalue weighted by atomic mass is 16.5. The molecule has 0 atom stereocenters. The minimum absolute atomic E-state index is 0.0946. The van der Waals surface area contributed by atoms with Gasteiger partial charge in [0.2, 0.25) is 0 Å². The lowest BCUT2D eigenvalue weighted by atomic mass is 9.48. The minimum atomic E-state index is -1.56. The molecule has 1 amide bonds. The first-order valence-corrected chi connectivity index (χ1v) is 11.0. The molecule has 2 aromatic rings. The van der Waals surface area contributed by atoms with E-state index in [0.717, 1.165) is 17.8 Å². The van der Waals surface area contributed by atoms with Crippen molar-refractivity contribution in [3.05, 3.63) is 54.1 Å². The van der Waals surface area contributed by atoms with Crippen LogP contribution in [0.5, 0.6) is 5.75 Å². The van der Waals surface area contributed by atoms with Crippen LogP contribution < -0.4 is 15.5 Å². The zero-order valence-electron chi connectivity index (χ0n) is 17.1. The second kappa shape index (κ2) is 7.75. The van der Waals surface area contributed by atoms with E-state index < -0.39 is 7.12 Å². The normalized spacial score (nSPS) is 28.9. The van der Waals surface area contributed by atoms with Gasteiger partial charge in [0.05, 0.1) is 0 Å². The number of carbonyl (C=O) groups is 1. The maximum atomic E-state index is 12.2. The molecule has 3 N–H and O–H groups in total. The van der Waals surface area contributed by atoms with E-state index >= 15 is 0 Å². The summed E-state index contributed by atoms with van der Waals surface area (Å²) < 4.78 is 5.68. The SMILES string of the molecule is O=C(COc1ccc(C23CC4CC(CC(C4)C2)C3)cc1)Nc1cccc(B(O)O)c1. The summed E-state index contributed by atoms with van der Waals surface area (Å²) in [6.07, 6.45) is 8.33. The van der Waals surface area contributed by atoms with E-state index in [1.165, 1.54) is 50.2 Å². The molecule has 0 saturated heterocycles. The van der Waals surface area contributed by atoms with Gasteiger partial charge >= 0.3 is 7.12 Å². The van der Waals surface area contributed by atoms with Gasteiger partial charge in [-0.3, -0.25) is 4.79 Å². The van der Waals surface area contributed by atoms with Gasteiger partial charge in [-0.2, -0.15) is 0 Å². The van der Waals surface area contributed by atoms with Crippen molar-refractivity contribution in [1.29, 1.82) is 0 Å². The Morgan fingerprint density at radius 1 is 1.00 bits per heavy atom. The second-order valence-corrected chi connectivity index (χ2v) is 9.56. The van der Waals surface area contributed by atoms with E-state index in [2.05, 4.69) is 17.4 Å². The van der Waals surface area contributed by atoms with Gasteiger partial charge in [-0.25, -0.2) is 0 Å². The lowest BCUT2D eigenvalue weighted by Crippen LogP contribution is -2.48. The molecule has 0 spiro atoms. The number of hydrogen-bond acceptors (Lipinski definition) is 4. The predicted molar refractivity (Wildman–Crippen MR) is 117 cm³/mol. The third-order valence-electron chi connectivity index (χ3n) is 7.34. The molecule has 4 bridgehead atoms. The molecule has 6 heteroatoms. The predicted octanol–water partition coefficient (Wildman–Crippen LogP) is 2.85. The molecule has 156 valence electrons. The number of ether oxygens (including phenoxy) is 1. The summed E-state index contributed by atoms with van der Waals surface area (Å²) in [7, 11) is -1.56. The van der Waals surface area contributed by atoms with E-state index in [1.54, 1.807) is 18.2 Å². The van der Waals surface area contributed by atoms with Gasteiger partial charge in [0.15, 0.2) is 6.61 Å². The minimum Gasteiger partial charge on any atom is -0.484 e. The van der Waals surface area contributed by atoms with Crippen LogP contribution in [0.25, 0.3) is 0 Å². The maximum absolute atomic E-state index is 12.2. The fraction of sp³-hybridized carbons (Fsp3) is 0.458. The molecule has 0 radical (unpaired) electrons. The van der Waals surface area contributed by atoms with Crippen LogP contribution in [0.1, 0.15) is 44.1 Å². The quantitative estimate of drug-likeness (QED) is 0.646. The van der Waals surface area contributed by atoms with Crippen LogP contribution in [-0.2, 0) is 10.2 Å². The van der Waals surface area contributed by atoms with Crippen molar-refractivity contribution >= 4 is 24.2 Å². The standard InChI is InChI=1S/C24H28BNO4/c27-23(26-21-3-1-2-20(11-21)25(28)29)15-30-22-6-4-19(5-7-22)24-12-16-8-17(13-24)10-18(9-16)14-24/h1-7,11,16-18,28-29H,8-10,12-15H2,(H,26,27). The number of benzene rings is 2. The molecule has 0 unspecified atom stereocenters. The van der Waals surface area contributed by atoms with Gasteiger partial charge in [-0.15, -0.1) is 0 Å². The highest BCUT2D eigenvalue weighted by Gasteiger charge is 2.51. The van der Waals surface area contributed by atoms with E-state index in [-0.39, 0.29) is 12.5 Å². The van der Waals surface area contributed by atoms with Crippen molar-refractivity contribution < 1.29 is 19.6 Å². The van der Waals surface area contributed by atoms with Gasteiger partial charge in [-0.1, -0.05) is 24.3 Å². The van der Waals surface area contributed by atoms with Gasteiger partial charge < -0.3 is 20.1 Å². The van der Waals surface area contributed by atoms with Crippen molar-refractivity contribution in [2.75, 3.05) is 11.9 Å². The number of nitrogens with one attached hydrogen (secondary N) is 1. The summed E-state index contributed by atoms with van der Waals surface area (Å²) in [5, 5.41) is 21.2. The van der Waals surface area contributed by atoms with Gasteiger partial charge in [-0.05, 0) is 97.0 Å². The first-order chi connectivity index (χ1) is 14.5. The molecule has 5 nitrogen and oxygen atoms in total. The van der Waals surface area contributed by atoms with Crippen LogP contribution in [0.4, 0.5) is 5.69 Å². The number of anilines is 1. The lowest BCUT2D eigenvalue weighted by Gasteiger charge is -2.57. The molecule has 2 aromatic carbocycles. The van der Waals surface area contributed by atoms with Crippen molar-refractivity contribution in [2.24, 2.45) is 17.8 Å². The molecule has 4 aliphatic rings. The number of carbonyl (C=O) groups excluding carboxylic acids is 1. The van der Waals surface area contributed by atoms with Crippen molar-refractivity contribution in [3.63, 3.8) is 0 Å². The molecule has 30 heavy (non-hydrogen) atoms. The van der Waals surface area contributed by atoms with Gasteiger partial charge in [0.1, 0.15) is 5.75 Å². The Labute approximate surface area is 177 Å². The number of amides is 1. The Bertz CT molecular complexity index is 892. The van der Waals surface area contributed by atoms with E-state index in [0.29, 0.717) is 22.3 Å². The Morgan fingerprint density at radius 3 is 2.23 bits per heavy atom. The first-order valence-electron chi connectivity index (χ1n) is 11.0. The lowest BCUT2D eigenvalue weighted by molar-refractivity contribution is -0.118. The highest BCUT2D eigenvalue weighted by Crippen LogP contribution is 2.60. The first kappa shape index (κ1) is 19.6. The molecule has 0 heterocycles. The third kappa shape index (κ3) is 3.86. The summed E-state index contributed by atoms with van der Waals surface area (Å²) in [5.41, 5.74) is 2.64. The Kier molecular flexibility index (Phi) is 5.07. The maximum Gasteiger partial charge on any atom is 0.488 e. The van der Waals surface area contributed by atoms with Crippen molar-refractivity contribution in [2.45, 2.75) is 43.9 Å². The molecule has 0 aromatic heterocycles. The Hall–Kier alpha value is -2.31. The number of hydrogen-bond donors (Lipinski definition) is 3. The van der Waals surface area contributed by atoms with Crippen LogP contribution >= 0.6 is 0 Å². The third-order valence-corrected chi connectivity index (χ3v) is 7.34. The van der Waals surface area contributed by atoms with E-state index in [9.17, 15) is 14.8 Å². The molecule has 4 aliphatic carbocycles. The molecule has 6 rings (SSSR count). The summed E-state index contributed by atoms with van der Waals surface area (Å²) >= 11 is 0. The summed E-state index contributed by atoms with van der Waals surface area (Å²) in [5.74, 6) is 3.16. The fourth-order valence-electron chi connectivity index (χ4n) is 6.49. The van der Waals surface area contributed by atoms with E-state index in [4.69, 9.17) is 4.74 Å². The largest absolute Gasteiger partial charge is 0.488 e. The summed E-state index contributed by atoms with van der Waals surface area (Å²) in [6, 6.07) is 14.9. The Morgan fingerprint density at radius 2 is 1.63 bits per heavy atom. The summed E-state index contributed by atoms with van der Waals surface area (Å²) in [6.45, 7) is -0.0946. The molecular weight excluding hydrogens is 377 g/mol. The molecular formula is C24H28BNO4. The van der Waals surface area contributed by atoms with Crippen LogP contribution in [0.15, 0.2) is 48.5 Å². The van der Waals surface area contributed by atoms with Gasteiger partial charge in [0.25, 0.3) is 5.91 Å². The molecule has 4 saturated carbocycles. The van der Waals surface area contributed by atoms with Crippen molar-refractivity contribution in [3.8, 4) is 5.75 Å². The monoisotopic (exact) mass is 405 g/mol. The molecule has 4 fully saturated rings. The van der Waals surface area contributed by atoms with Gasteiger partial charge in [0, 0.05) is 5.69 Å². The average molecular weight is 405 g/mol. The Balaban J connectivity index is 1.19.